The van der Waals surface area contributed by atoms with Gasteiger partial charge in [-0.05, 0) is 51.4 Å². The molecule has 0 spiro atoms. The van der Waals surface area contributed by atoms with Crippen LogP contribution in [0.4, 0.5) is 0 Å². The van der Waals surface area contributed by atoms with Crippen LogP contribution in [0, 0.1) is 0 Å². The van der Waals surface area contributed by atoms with Crippen LogP contribution < -0.4 is 20.4 Å². The molecule has 0 rings (SSSR count). The van der Waals surface area contributed by atoms with E-state index in [9.17, 15) is 39.6 Å². The third kappa shape index (κ3) is 80.2. The van der Waals surface area contributed by atoms with Crippen molar-refractivity contribution in [2.75, 3.05) is 0 Å². The Balaban J connectivity index is -0.000000192. The number of aliphatic carboxylic acids is 4. The molecule has 0 aliphatic rings. The van der Waals surface area contributed by atoms with E-state index in [2.05, 4.69) is 27.7 Å². The van der Waals surface area contributed by atoms with E-state index < -0.39 is 23.9 Å². The summed E-state index contributed by atoms with van der Waals surface area (Å²) in [5.74, 6) is -3.64. The van der Waals surface area contributed by atoms with Gasteiger partial charge in [-0.2, -0.15) is 0 Å². The molecule has 0 saturated heterocycles. The quantitative estimate of drug-likeness (QED) is 0.0449. The Morgan fingerprint density at radius 1 is 0.245 bits per heavy atom. The van der Waals surface area contributed by atoms with Crippen LogP contribution in [0.2, 0.25) is 0 Å². The van der Waals surface area contributed by atoms with Gasteiger partial charge in [0, 0.05) is 23.9 Å². The van der Waals surface area contributed by atoms with Crippen molar-refractivity contribution in [1.29, 1.82) is 0 Å². The molecule has 0 saturated carbocycles. The minimum atomic E-state index is -0.911. The largest absolute Gasteiger partial charge is 4.00 e. The fraction of sp³-hybridized carbons (Fsp3) is 0.909. The molecule has 0 bridgehead atoms. The van der Waals surface area contributed by atoms with Crippen molar-refractivity contribution in [2.24, 2.45) is 0 Å². The molecule has 0 atom stereocenters. The van der Waals surface area contributed by atoms with Gasteiger partial charge in [0.25, 0.3) is 0 Å². The first-order chi connectivity index (χ1) is 25.1. The molecule has 0 heterocycles. The maximum atomic E-state index is 10.1. The SMILES string of the molecule is CCCCCCCCCCC(=O)[O-].CCCCCCCCCCC(=O)[O-].CCCCCCCCCCC(=O)[O-].CCCCCCCCCCC(=O)[O-].[Ti+4]. The van der Waals surface area contributed by atoms with Gasteiger partial charge in [0.1, 0.15) is 0 Å². The third-order valence-corrected chi connectivity index (χ3v) is 8.94. The van der Waals surface area contributed by atoms with Crippen molar-refractivity contribution >= 4 is 23.9 Å². The molecule has 0 aliphatic heterocycles. The van der Waals surface area contributed by atoms with Gasteiger partial charge in [0.2, 0.25) is 0 Å². The van der Waals surface area contributed by atoms with E-state index in [0.717, 1.165) is 51.4 Å². The van der Waals surface area contributed by atoms with Crippen molar-refractivity contribution in [3.05, 3.63) is 0 Å². The van der Waals surface area contributed by atoms with Crippen molar-refractivity contribution in [1.82, 2.24) is 0 Å². The molecule has 0 radical (unpaired) electrons. The van der Waals surface area contributed by atoms with Crippen LogP contribution in [0.1, 0.15) is 259 Å². The van der Waals surface area contributed by atoms with Crippen LogP contribution in [0.15, 0.2) is 0 Å². The Bertz CT molecular complexity index is 612. The summed E-state index contributed by atoms with van der Waals surface area (Å²) in [5, 5.41) is 40.2. The number of carbonyl (C=O) groups is 4. The molecular weight excluding hydrogens is 704 g/mol. The average molecular weight is 789 g/mol. The first-order valence-corrected chi connectivity index (χ1v) is 21.9. The minimum Gasteiger partial charge on any atom is -0.550 e. The molecule has 9 heteroatoms. The smallest absolute Gasteiger partial charge is 0.550 e. The Kier molecular flexibility index (Phi) is 65.8. The van der Waals surface area contributed by atoms with Gasteiger partial charge < -0.3 is 39.6 Å². The van der Waals surface area contributed by atoms with Crippen molar-refractivity contribution in [2.45, 2.75) is 259 Å². The summed E-state index contributed by atoms with van der Waals surface area (Å²) in [6.45, 7) is 8.83. The van der Waals surface area contributed by atoms with Crippen molar-refractivity contribution in [3.8, 4) is 0 Å². The van der Waals surface area contributed by atoms with Crippen LogP contribution in [0.25, 0.3) is 0 Å². The first-order valence-electron chi connectivity index (χ1n) is 21.9. The summed E-state index contributed by atoms with van der Waals surface area (Å²) in [6.07, 6.45) is 39.0. The molecule has 0 aliphatic carbocycles. The number of carbonyl (C=O) groups excluding carboxylic acids is 4. The molecule has 0 aromatic heterocycles. The predicted octanol–water partition coefficient (Wildman–Crippen LogP) is 9.07. The summed E-state index contributed by atoms with van der Waals surface area (Å²) in [7, 11) is 0. The number of carboxylic acid groups (broad SMARTS) is 4. The van der Waals surface area contributed by atoms with E-state index in [1.165, 1.54) is 154 Å². The number of unbranched alkanes of at least 4 members (excludes halogenated alkanes) is 28. The second-order valence-corrected chi connectivity index (χ2v) is 14.4. The van der Waals surface area contributed by atoms with Gasteiger partial charge in [-0.15, -0.1) is 0 Å². The van der Waals surface area contributed by atoms with E-state index in [-0.39, 0.29) is 47.4 Å². The van der Waals surface area contributed by atoms with Gasteiger partial charge in [-0.25, -0.2) is 0 Å². The second-order valence-electron chi connectivity index (χ2n) is 14.4. The monoisotopic (exact) mass is 789 g/mol. The molecule has 0 fully saturated rings. The van der Waals surface area contributed by atoms with Crippen LogP contribution in [0.5, 0.6) is 0 Å². The molecule has 0 N–H and O–H groups in total. The number of hydrogen-bond acceptors (Lipinski definition) is 8. The molecule has 53 heavy (non-hydrogen) atoms. The normalized spacial score (nSPS) is 10.0. The Hall–Kier alpha value is -1.41. The molecule has 0 unspecified atom stereocenters. The van der Waals surface area contributed by atoms with Gasteiger partial charge >= 0.3 is 21.7 Å². The average Bonchev–Trinajstić information content (AvgIpc) is 3.10. The Morgan fingerprint density at radius 2 is 0.358 bits per heavy atom. The fourth-order valence-electron chi connectivity index (χ4n) is 5.61. The third-order valence-electron chi connectivity index (χ3n) is 8.94. The standard InChI is InChI=1S/4C11H22O2.Ti/c4*1-2-3-4-5-6-7-8-9-10-11(12)13;/h4*2-10H2,1H3,(H,12,13);/q;;;;+4/p-4. The topological polar surface area (TPSA) is 161 Å². The summed E-state index contributed by atoms with van der Waals surface area (Å²) in [6, 6.07) is 0. The molecule has 312 valence electrons. The summed E-state index contributed by atoms with van der Waals surface area (Å²) < 4.78 is 0. The zero-order valence-electron chi connectivity index (χ0n) is 35.2. The maximum Gasteiger partial charge on any atom is 4.00 e. The molecule has 0 amide bonds. The molecule has 0 aromatic rings. The number of rotatable bonds is 36. The van der Waals surface area contributed by atoms with Gasteiger partial charge in [-0.1, -0.05) is 207 Å². The van der Waals surface area contributed by atoms with E-state index in [1.807, 2.05) is 0 Å². The zero-order valence-corrected chi connectivity index (χ0v) is 36.8. The summed E-state index contributed by atoms with van der Waals surface area (Å²) in [5.41, 5.74) is 0. The van der Waals surface area contributed by atoms with Crippen LogP contribution in [0.3, 0.4) is 0 Å². The van der Waals surface area contributed by atoms with Crippen LogP contribution >= 0.6 is 0 Å². The van der Waals surface area contributed by atoms with Crippen LogP contribution in [-0.2, 0) is 40.9 Å². The van der Waals surface area contributed by atoms with Crippen molar-refractivity contribution < 1.29 is 61.3 Å². The fourth-order valence-corrected chi connectivity index (χ4v) is 5.61. The molecule has 0 aromatic carbocycles. The van der Waals surface area contributed by atoms with Crippen LogP contribution in [-0.4, -0.2) is 23.9 Å². The minimum absolute atomic E-state index is 0. The summed E-state index contributed by atoms with van der Waals surface area (Å²) in [4.78, 5) is 40.2. The van der Waals surface area contributed by atoms with E-state index in [4.69, 9.17) is 0 Å². The number of hydrogen-bond donors (Lipinski definition) is 0. The summed E-state index contributed by atoms with van der Waals surface area (Å²) >= 11 is 0. The first kappa shape index (κ1) is 60.8. The van der Waals surface area contributed by atoms with Gasteiger partial charge in [0.05, 0.1) is 0 Å². The Labute approximate surface area is 342 Å². The van der Waals surface area contributed by atoms with E-state index >= 15 is 0 Å². The van der Waals surface area contributed by atoms with E-state index in [1.54, 1.807) is 0 Å². The molecular formula is C44H84O8Ti. The van der Waals surface area contributed by atoms with Gasteiger partial charge in [0.15, 0.2) is 0 Å². The van der Waals surface area contributed by atoms with Crippen molar-refractivity contribution in [3.63, 3.8) is 0 Å². The van der Waals surface area contributed by atoms with Gasteiger partial charge in [-0.3, -0.25) is 0 Å². The maximum absolute atomic E-state index is 10.1. The van der Waals surface area contributed by atoms with E-state index in [0.29, 0.717) is 0 Å². The second kappa shape index (κ2) is 57.3. The predicted molar refractivity (Wildman–Crippen MR) is 209 cm³/mol. The zero-order chi connectivity index (χ0) is 39.8. The number of carboxylic acids is 4. The Morgan fingerprint density at radius 3 is 0.472 bits per heavy atom. The molecule has 8 nitrogen and oxygen atoms in total.